The van der Waals surface area contributed by atoms with E-state index in [1.165, 1.54) is 29.1 Å². The molecule has 0 radical (unpaired) electrons. The molecule has 176 valence electrons. The number of halogens is 4. The number of likely N-dealkylation sites (tertiary alicyclic amines) is 1. The highest BCUT2D eigenvalue weighted by Crippen LogP contribution is 2.34. The van der Waals surface area contributed by atoms with Crippen molar-refractivity contribution >= 4 is 5.91 Å². The summed E-state index contributed by atoms with van der Waals surface area (Å²) in [6, 6.07) is 7.62. The summed E-state index contributed by atoms with van der Waals surface area (Å²) in [4.78, 5) is 17.9. The average molecular weight is 472 g/mol. The number of benzene rings is 1. The van der Waals surface area contributed by atoms with Crippen LogP contribution in [0.5, 0.6) is 0 Å². The second-order valence-electron chi connectivity index (χ2n) is 8.07. The Labute approximate surface area is 192 Å². The molecule has 0 aliphatic carbocycles. The number of nitrogens with zero attached hydrogens (tertiary/aromatic N) is 5. The van der Waals surface area contributed by atoms with Gasteiger partial charge in [-0.05, 0) is 31.0 Å². The lowest BCUT2D eigenvalue weighted by Crippen LogP contribution is -2.46. The lowest BCUT2D eigenvalue weighted by atomic mass is 10.0. The number of amides is 1. The van der Waals surface area contributed by atoms with E-state index in [1.54, 1.807) is 11.0 Å². The van der Waals surface area contributed by atoms with Crippen LogP contribution in [0, 0.1) is 17.1 Å². The molecule has 0 unspecified atom stereocenters. The molecule has 1 aliphatic rings. The second kappa shape index (κ2) is 9.23. The van der Waals surface area contributed by atoms with Crippen LogP contribution in [-0.2, 0) is 17.5 Å². The van der Waals surface area contributed by atoms with Crippen LogP contribution in [0.2, 0.25) is 0 Å². The van der Waals surface area contributed by atoms with E-state index in [9.17, 15) is 22.4 Å². The summed E-state index contributed by atoms with van der Waals surface area (Å²) in [5, 5.41) is 13.4. The zero-order valence-corrected chi connectivity index (χ0v) is 17.9. The Hall–Kier alpha value is -3.78. The molecule has 0 saturated carbocycles. The van der Waals surface area contributed by atoms with E-state index in [-0.39, 0.29) is 29.8 Å². The van der Waals surface area contributed by atoms with Crippen LogP contribution in [0.3, 0.4) is 0 Å². The fourth-order valence-electron chi connectivity index (χ4n) is 3.88. The summed E-state index contributed by atoms with van der Waals surface area (Å²) in [6.07, 6.45) is -0.393. The van der Waals surface area contributed by atoms with Crippen molar-refractivity contribution in [1.82, 2.24) is 19.7 Å². The third-order valence-electron chi connectivity index (χ3n) is 5.60. The number of aromatic nitrogens is 3. The fourth-order valence-corrected chi connectivity index (χ4v) is 3.88. The molecule has 3 heterocycles. The highest BCUT2D eigenvalue weighted by Gasteiger charge is 2.32. The van der Waals surface area contributed by atoms with Crippen LogP contribution in [0.25, 0.3) is 22.4 Å². The first-order valence-corrected chi connectivity index (χ1v) is 10.5. The molecule has 4 rings (SSSR count). The van der Waals surface area contributed by atoms with Crippen molar-refractivity contribution in [1.29, 1.82) is 5.26 Å². The number of carbonyl (C=O) groups excluding carboxylic acids is 1. The van der Waals surface area contributed by atoms with Crippen LogP contribution < -0.4 is 5.73 Å². The SMILES string of the molecule is N#Cc1ccc(-c2nn(CC(=O)N3CCC[C@@H](N)C3)cc2-c2ccc(C(F)(F)F)nc2)cc1F. The molecule has 1 amide bonds. The van der Waals surface area contributed by atoms with Crippen LogP contribution in [0.15, 0.2) is 42.7 Å². The molecule has 1 atom stereocenters. The van der Waals surface area contributed by atoms with Crippen molar-refractivity contribution in [3.05, 3.63) is 59.8 Å². The van der Waals surface area contributed by atoms with Crippen molar-refractivity contribution in [2.75, 3.05) is 13.1 Å². The minimum atomic E-state index is -4.59. The summed E-state index contributed by atoms with van der Waals surface area (Å²) < 4.78 is 54.5. The number of piperidine rings is 1. The number of pyridine rings is 1. The van der Waals surface area contributed by atoms with Gasteiger partial charge in [0, 0.05) is 48.2 Å². The minimum Gasteiger partial charge on any atom is -0.340 e. The van der Waals surface area contributed by atoms with Gasteiger partial charge in [-0.2, -0.15) is 23.5 Å². The quantitative estimate of drug-likeness (QED) is 0.585. The molecule has 2 N–H and O–H groups in total. The normalized spacial score (nSPS) is 16.4. The van der Waals surface area contributed by atoms with Crippen LogP contribution in [0.1, 0.15) is 24.1 Å². The van der Waals surface area contributed by atoms with Gasteiger partial charge in [0.1, 0.15) is 29.8 Å². The van der Waals surface area contributed by atoms with Gasteiger partial charge in [0.25, 0.3) is 0 Å². The van der Waals surface area contributed by atoms with E-state index >= 15 is 0 Å². The number of carbonyl (C=O) groups is 1. The van der Waals surface area contributed by atoms with Crippen molar-refractivity contribution in [3.8, 4) is 28.5 Å². The summed E-state index contributed by atoms with van der Waals surface area (Å²) >= 11 is 0. The number of nitriles is 1. The fraction of sp³-hybridized carbons (Fsp3) is 0.304. The predicted molar refractivity (Wildman–Crippen MR) is 114 cm³/mol. The zero-order chi connectivity index (χ0) is 24.5. The minimum absolute atomic E-state index is 0.0960. The monoisotopic (exact) mass is 472 g/mol. The molecule has 0 spiro atoms. The Bertz CT molecular complexity index is 1250. The summed E-state index contributed by atoms with van der Waals surface area (Å²) in [7, 11) is 0. The van der Waals surface area contributed by atoms with Gasteiger partial charge in [0.05, 0.1) is 5.56 Å². The van der Waals surface area contributed by atoms with Crippen LogP contribution in [-0.4, -0.2) is 44.7 Å². The van der Waals surface area contributed by atoms with Gasteiger partial charge in [-0.1, -0.05) is 12.1 Å². The Morgan fingerprint density at radius 3 is 2.62 bits per heavy atom. The highest BCUT2D eigenvalue weighted by atomic mass is 19.4. The topological polar surface area (TPSA) is 101 Å². The van der Waals surface area contributed by atoms with Gasteiger partial charge in [0.2, 0.25) is 5.91 Å². The van der Waals surface area contributed by atoms with Gasteiger partial charge in [-0.15, -0.1) is 0 Å². The van der Waals surface area contributed by atoms with Crippen LogP contribution in [0.4, 0.5) is 17.6 Å². The molecule has 11 heteroatoms. The van der Waals surface area contributed by atoms with E-state index in [1.807, 2.05) is 0 Å². The van der Waals surface area contributed by atoms with E-state index < -0.39 is 17.7 Å². The molecule has 0 bridgehead atoms. The molecule has 1 saturated heterocycles. The van der Waals surface area contributed by atoms with Crippen molar-refractivity contribution in [2.45, 2.75) is 31.6 Å². The molecule has 3 aromatic rings. The van der Waals surface area contributed by atoms with Crippen molar-refractivity contribution < 1.29 is 22.4 Å². The van der Waals surface area contributed by atoms with Gasteiger partial charge in [-0.3, -0.25) is 14.5 Å². The van der Waals surface area contributed by atoms with Gasteiger partial charge in [-0.25, -0.2) is 4.39 Å². The third-order valence-corrected chi connectivity index (χ3v) is 5.60. The first kappa shape index (κ1) is 23.4. The van der Waals surface area contributed by atoms with E-state index in [4.69, 9.17) is 11.0 Å². The maximum Gasteiger partial charge on any atom is 0.433 e. The van der Waals surface area contributed by atoms with E-state index in [0.29, 0.717) is 29.8 Å². The van der Waals surface area contributed by atoms with E-state index in [0.717, 1.165) is 31.2 Å². The molecular formula is C23H20F4N6O. The highest BCUT2D eigenvalue weighted by molar-refractivity contribution is 5.81. The molecule has 1 aliphatic heterocycles. The summed E-state index contributed by atoms with van der Waals surface area (Å²) in [5.41, 5.74) is 5.98. The predicted octanol–water partition coefficient (Wildman–Crippen LogP) is 3.59. The molecular weight excluding hydrogens is 452 g/mol. The number of alkyl halides is 3. The van der Waals surface area contributed by atoms with Crippen molar-refractivity contribution in [3.63, 3.8) is 0 Å². The molecule has 2 aromatic heterocycles. The van der Waals surface area contributed by atoms with Crippen LogP contribution >= 0.6 is 0 Å². The maximum absolute atomic E-state index is 14.3. The van der Waals surface area contributed by atoms with E-state index in [2.05, 4.69) is 10.1 Å². The Morgan fingerprint density at radius 2 is 2.00 bits per heavy atom. The first-order valence-electron chi connectivity index (χ1n) is 10.5. The average Bonchev–Trinajstić information content (AvgIpc) is 3.22. The zero-order valence-electron chi connectivity index (χ0n) is 17.9. The van der Waals surface area contributed by atoms with Gasteiger partial charge < -0.3 is 10.6 Å². The number of hydrogen-bond donors (Lipinski definition) is 1. The first-order chi connectivity index (χ1) is 16.2. The smallest absolute Gasteiger partial charge is 0.340 e. The number of rotatable bonds is 4. The Morgan fingerprint density at radius 1 is 1.24 bits per heavy atom. The van der Waals surface area contributed by atoms with Crippen molar-refractivity contribution in [2.24, 2.45) is 5.73 Å². The number of nitrogens with two attached hydrogens (primary N) is 1. The number of hydrogen-bond acceptors (Lipinski definition) is 5. The summed E-state index contributed by atoms with van der Waals surface area (Å²) in [6.45, 7) is 0.896. The molecule has 1 fully saturated rings. The standard InChI is InChI=1S/C23H20F4N6O/c24-19-8-14(3-4-15(19)9-28)22-18(16-5-6-20(30-10-16)23(25,26)27)12-33(31-22)13-21(34)32-7-1-2-17(29)11-32/h3-6,8,10,12,17H,1-2,7,11,13,29H2/t17-/m1/s1. The van der Waals surface area contributed by atoms with Gasteiger partial charge in [0.15, 0.2) is 0 Å². The maximum atomic E-state index is 14.3. The Kier molecular flexibility index (Phi) is 6.34. The Balaban J connectivity index is 1.71. The summed E-state index contributed by atoms with van der Waals surface area (Å²) in [5.74, 6) is -0.961. The van der Waals surface area contributed by atoms with Gasteiger partial charge >= 0.3 is 6.18 Å². The molecule has 1 aromatic carbocycles. The largest absolute Gasteiger partial charge is 0.433 e. The molecule has 7 nitrogen and oxygen atoms in total. The molecule has 34 heavy (non-hydrogen) atoms. The third kappa shape index (κ3) is 4.92. The lowest BCUT2D eigenvalue weighted by Gasteiger charge is -2.30. The lowest BCUT2D eigenvalue weighted by molar-refractivity contribution is -0.141. The second-order valence-corrected chi connectivity index (χ2v) is 8.07.